The van der Waals surface area contributed by atoms with Gasteiger partial charge >= 0.3 is 6.09 Å². The Kier molecular flexibility index (Phi) is 6.16. The Morgan fingerprint density at radius 1 is 1.29 bits per heavy atom. The van der Waals surface area contributed by atoms with E-state index in [0.717, 1.165) is 5.56 Å². The van der Waals surface area contributed by atoms with E-state index in [-0.39, 0.29) is 13.2 Å². The second-order valence-electron chi connectivity index (χ2n) is 6.72. The summed E-state index contributed by atoms with van der Waals surface area (Å²) in [5, 5.41) is 22.5. The van der Waals surface area contributed by atoms with Crippen molar-refractivity contribution < 1.29 is 19.6 Å². The van der Waals surface area contributed by atoms with E-state index in [1.165, 1.54) is 4.90 Å². The normalized spacial score (nSPS) is 21.1. The molecule has 0 aromatic heterocycles. The van der Waals surface area contributed by atoms with Gasteiger partial charge in [0.15, 0.2) is 0 Å². The van der Waals surface area contributed by atoms with Gasteiger partial charge in [-0.1, -0.05) is 48.9 Å². The first kappa shape index (κ1) is 20.1. The zero-order valence-corrected chi connectivity index (χ0v) is 16.1. The number of anilines is 1. The number of fused-ring (bicyclic) bond motifs is 1. The van der Waals surface area contributed by atoms with E-state index in [4.69, 9.17) is 16.3 Å². The summed E-state index contributed by atoms with van der Waals surface area (Å²) in [4.78, 5) is 24.7. The number of halogens is 1. The number of benzene rings is 2. The van der Waals surface area contributed by atoms with Crippen molar-refractivity contribution in [2.75, 3.05) is 11.4 Å². The predicted molar refractivity (Wildman–Crippen MR) is 105 cm³/mol. The number of amides is 1. The van der Waals surface area contributed by atoms with Gasteiger partial charge in [0.25, 0.3) is 0 Å². The zero-order chi connectivity index (χ0) is 20.3. The molecule has 0 fully saturated rings. The average molecular weight is 405 g/mol. The van der Waals surface area contributed by atoms with Crippen LogP contribution >= 0.6 is 11.6 Å². The highest BCUT2D eigenvalue weighted by Crippen LogP contribution is 2.44. The van der Waals surface area contributed by atoms with Crippen LogP contribution in [0, 0.1) is 16.0 Å². The van der Waals surface area contributed by atoms with E-state index in [2.05, 4.69) is 0 Å². The number of nitrogens with zero attached hydrogens (tertiary/aromatic N) is 2. The van der Waals surface area contributed by atoms with Gasteiger partial charge in [-0.15, -0.1) is 0 Å². The monoisotopic (exact) mass is 404 g/mol. The van der Waals surface area contributed by atoms with Crippen LogP contribution < -0.4 is 4.90 Å². The number of ether oxygens (including phenoxy) is 1. The van der Waals surface area contributed by atoms with Gasteiger partial charge in [-0.2, -0.15) is 0 Å². The number of carbonyl (C=O) groups is 1. The Morgan fingerprint density at radius 2 is 2.00 bits per heavy atom. The van der Waals surface area contributed by atoms with Crippen molar-refractivity contribution in [3.8, 4) is 0 Å². The van der Waals surface area contributed by atoms with Gasteiger partial charge in [0.2, 0.25) is 6.54 Å². The molecule has 148 valence electrons. The van der Waals surface area contributed by atoms with Gasteiger partial charge in [0.05, 0.1) is 11.6 Å². The van der Waals surface area contributed by atoms with E-state index in [1.807, 2.05) is 37.3 Å². The van der Waals surface area contributed by atoms with E-state index in [0.29, 0.717) is 22.7 Å². The molecule has 0 aliphatic carbocycles. The van der Waals surface area contributed by atoms with E-state index < -0.39 is 29.1 Å². The van der Waals surface area contributed by atoms with Crippen LogP contribution in [0.15, 0.2) is 48.5 Å². The molecule has 0 radical (unpaired) electrons. The second-order valence-corrected chi connectivity index (χ2v) is 7.16. The van der Waals surface area contributed by atoms with Crippen molar-refractivity contribution in [2.45, 2.75) is 32.1 Å². The molecule has 3 rings (SSSR count). The Bertz CT molecular complexity index is 861. The van der Waals surface area contributed by atoms with Crippen LogP contribution in [-0.2, 0) is 11.3 Å². The number of hydrogen-bond donors (Lipinski definition) is 1. The largest absolute Gasteiger partial charge is 0.444 e. The highest BCUT2D eigenvalue weighted by atomic mass is 35.5. The van der Waals surface area contributed by atoms with Gasteiger partial charge in [0.1, 0.15) is 12.8 Å². The lowest BCUT2D eigenvalue weighted by Crippen LogP contribution is -2.51. The topological polar surface area (TPSA) is 92.9 Å². The summed E-state index contributed by atoms with van der Waals surface area (Å²) in [5.41, 5.74) is 1.77. The summed E-state index contributed by atoms with van der Waals surface area (Å²) in [6.45, 7) is 1.53. The van der Waals surface area contributed by atoms with Crippen LogP contribution in [0.4, 0.5) is 10.5 Å². The summed E-state index contributed by atoms with van der Waals surface area (Å²) in [6, 6.07) is 14.0. The summed E-state index contributed by atoms with van der Waals surface area (Å²) >= 11 is 6.11. The molecule has 1 aliphatic heterocycles. The third kappa shape index (κ3) is 4.10. The fourth-order valence-corrected chi connectivity index (χ4v) is 3.88. The second kappa shape index (κ2) is 8.58. The van der Waals surface area contributed by atoms with Crippen LogP contribution in [0.25, 0.3) is 0 Å². The van der Waals surface area contributed by atoms with E-state index >= 15 is 0 Å². The van der Waals surface area contributed by atoms with E-state index in [9.17, 15) is 20.0 Å². The minimum absolute atomic E-state index is 0.0565. The smallest absolute Gasteiger partial charge is 0.416 e. The van der Waals surface area contributed by atoms with Crippen LogP contribution in [-0.4, -0.2) is 28.9 Å². The Labute approximate surface area is 167 Å². The van der Waals surface area contributed by atoms with Crippen LogP contribution in [0.1, 0.15) is 30.4 Å². The van der Waals surface area contributed by atoms with Gasteiger partial charge < -0.3 is 9.84 Å². The lowest BCUT2D eigenvalue weighted by atomic mass is 9.78. The lowest BCUT2D eigenvalue weighted by Gasteiger charge is -2.41. The summed E-state index contributed by atoms with van der Waals surface area (Å²) in [6.07, 6.45) is -1.49. The van der Waals surface area contributed by atoms with Crippen molar-refractivity contribution in [1.29, 1.82) is 0 Å². The molecule has 2 aromatic carbocycles. The zero-order valence-electron chi connectivity index (χ0n) is 15.3. The Morgan fingerprint density at radius 3 is 2.64 bits per heavy atom. The average Bonchev–Trinajstić information content (AvgIpc) is 2.67. The highest BCUT2D eigenvalue weighted by Gasteiger charge is 2.44. The maximum atomic E-state index is 12.8. The molecular formula is C20H21ClN2O5. The molecule has 28 heavy (non-hydrogen) atoms. The Hall–Kier alpha value is -2.64. The third-order valence-corrected chi connectivity index (χ3v) is 5.27. The van der Waals surface area contributed by atoms with Crippen molar-refractivity contribution in [1.82, 2.24) is 0 Å². The first-order valence-corrected chi connectivity index (χ1v) is 9.39. The van der Waals surface area contributed by atoms with Gasteiger partial charge in [-0.3, -0.25) is 15.0 Å². The minimum Gasteiger partial charge on any atom is -0.444 e. The number of hydrogen-bond acceptors (Lipinski definition) is 5. The molecule has 1 amide bonds. The fourth-order valence-electron chi connectivity index (χ4n) is 3.70. The number of aliphatic hydroxyl groups is 1. The number of nitro groups is 1. The number of rotatable bonds is 5. The molecule has 1 N–H and O–H groups in total. The van der Waals surface area contributed by atoms with Crippen molar-refractivity contribution >= 4 is 23.4 Å². The number of aliphatic hydroxyl groups excluding tert-OH is 1. The molecule has 7 nitrogen and oxygen atoms in total. The summed E-state index contributed by atoms with van der Waals surface area (Å²) in [7, 11) is 0. The third-order valence-electron chi connectivity index (χ3n) is 5.03. The molecule has 0 bridgehead atoms. The first-order chi connectivity index (χ1) is 13.4. The molecule has 0 saturated heterocycles. The molecule has 3 atom stereocenters. The predicted octanol–water partition coefficient (Wildman–Crippen LogP) is 4.20. The van der Waals surface area contributed by atoms with Gasteiger partial charge in [0, 0.05) is 15.9 Å². The van der Waals surface area contributed by atoms with Crippen molar-refractivity contribution in [3.63, 3.8) is 0 Å². The standard InChI is InChI=1S/C20H21ClN2O5/c1-2-15-17(11-22(26)27)16-10-14(21)8-9-18(16)23(19(15)24)20(25)28-12-13-6-4-3-5-7-13/h3-10,15,17,19,24H,2,11-12H2,1H3/t15-,17+,19+/m1/s1. The molecule has 0 unspecified atom stereocenters. The minimum atomic E-state index is -1.23. The fraction of sp³-hybridized carbons (Fsp3) is 0.350. The molecule has 1 aliphatic rings. The summed E-state index contributed by atoms with van der Waals surface area (Å²) in [5.74, 6) is -1.07. The Balaban J connectivity index is 1.93. The first-order valence-electron chi connectivity index (χ1n) is 9.01. The lowest BCUT2D eigenvalue weighted by molar-refractivity contribution is -0.485. The number of carbonyl (C=O) groups excluding carboxylic acids is 1. The van der Waals surface area contributed by atoms with Crippen molar-refractivity contribution in [2.24, 2.45) is 5.92 Å². The maximum absolute atomic E-state index is 12.8. The van der Waals surface area contributed by atoms with E-state index in [1.54, 1.807) is 18.2 Å². The molecule has 0 spiro atoms. The molecular weight excluding hydrogens is 384 g/mol. The molecule has 2 aromatic rings. The molecule has 0 saturated carbocycles. The van der Waals surface area contributed by atoms with Crippen LogP contribution in [0.3, 0.4) is 0 Å². The van der Waals surface area contributed by atoms with Crippen molar-refractivity contribution in [3.05, 3.63) is 74.8 Å². The molecule has 8 heteroatoms. The summed E-state index contributed by atoms with van der Waals surface area (Å²) < 4.78 is 5.39. The van der Waals surface area contributed by atoms with Gasteiger partial charge in [-0.05, 0) is 35.7 Å². The van der Waals surface area contributed by atoms with Gasteiger partial charge in [-0.25, -0.2) is 4.79 Å². The maximum Gasteiger partial charge on any atom is 0.416 e. The SMILES string of the molecule is CC[C@@H]1[C@H](C[N+](=O)[O-])c2cc(Cl)ccc2N(C(=O)OCc2ccccc2)[C@H]1O. The quantitative estimate of drug-likeness (QED) is 0.595. The molecule has 1 heterocycles. The highest BCUT2D eigenvalue weighted by molar-refractivity contribution is 6.30. The van der Waals surface area contributed by atoms with Crippen LogP contribution in [0.5, 0.6) is 0 Å². The van der Waals surface area contributed by atoms with Crippen LogP contribution in [0.2, 0.25) is 5.02 Å².